The van der Waals surface area contributed by atoms with Crippen LogP contribution < -0.4 is 11.1 Å². The lowest BCUT2D eigenvalue weighted by atomic mass is 9.84. The number of aryl methyl sites for hydroxylation is 1. The Hall–Kier alpha value is -2.14. The zero-order valence-electron chi connectivity index (χ0n) is 14.7. The Balaban J connectivity index is 1.90. The average Bonchev–Trinajstić information content (AvgIpc) is 2.92. The van der Waals surface area contributed by atoms with Crippen molar-refractivity contribution < 1.29 is 9.59 Å². The number of fused-ring (bicyclic) bond motifs is 1. The number of anilines is 1. The minimum atomic E-state index is -0.452. The van der Waals surface area contributed by atoms with Crippen LogP contribution in [0.2, 0.25) is 0 Å². The van der Waals surface area contributed by atoms with E-state index in [1.165, 1.54) is 29.1 Å². The molecule has 1 atom stereocenters. The van der Waals surface area contributed by atoms with E-state index in [4.69, 9.17) is 5.73 Å². The molecular formula is C20H24N2O2S. The Labute approximate surface area is 152 Å². The fourth-order valence-electron chi connectivity index (χ4n) is 3.66. The van der Waals surface area contributed by atoms with Gasteiger partial charge in [-0.3, -0.25) is 9.59 Å². The Bertz CT molecular complexity index is 810. The SMILES string of the molecule is CCC[C@@H]1CCc2c(sc(NC(=O)c3ccccc3C)c2C(N)=O)C1. The molecule has 0 spiro atoms. The molecule has 1 heterocycles. The smallest absolute Gasteiger partial charge is 0.256 e. The van der Waals surface area contributed by atoms with Crippen LogP contribution in [0.4, 0.5) is 5.00 Å². The van der Waals surface area contributed by atoms with Crippen LogP contribution in [-0.4, -0.2) is 11.8 Å². The topological polar surface area (TPSA) is 72.2 Å². The lowest BCUT2D eigenvalue weighted by molar-refractivity contribution is 0.1000. The first kappa shape index (κ1) is 17.7. The van der Waals surface area contributed by atoms with Gasteiger partial charge < -0.3 is 11.1 Å². The number of hydrogen-bond acceptors (Lipinski definition) is 3. The molecule has 0 aliphatic heterocycles. The van der Waals surface area contributed by atoms with Crippen LogP contribution in [-0.2, 0) is 12.8 Å². The van der Waals surface area contributed by atoms with Gasteiger partial charge in [0.15, 0.2) is 0 Å². The number of thiophene rings is 1. The average molecular weight is 356 g/mol. The second-order valence-electron chi connectivity index (χ2n) is 6.74. The Kier molecular flexibility index (Phi) is 5.23. The Morgan fingerprint density at radius 3 is 2.76 bits per heavy atom. The van der Waals surface area contributed by atoms with Crippen LogP contribution in [0.25, 0.3) is 0 Å². The zero-order valence-corrected chi connectivity index (χ0v) is 15.5. The Morgan fingerprint density at radius 2 is 2.08 bits per heavy atom. The quantitative estimate of drug-likeness (QED) is 0.838. The fraction of sp³-hybridized carbons (Fsp3) is 0.400. The van der Waals surface area contributed by atoms with E-state index in [0.717, 1.165) is 30.4 Å². The van der Waals surface area contributed by atoms with Gasteiger partial charge in [0.05, 0.1) is 5.56 Å². The molecule has 3 rings (SSSR count). The normalized spacial score (nSPS) is 16.3. The molecule has 4 nitrogen and oxygen atoms in total. The maximum absolute atomic E-state index is 12.6. The molecule has 3 N–H and O–H groups in total. The lowest BCUT2D eigenvalue weighted by Gasteiger charge is -2.21. The van der Waals surface area contributed by atoms with Crippen molar-refractivity contribution in [2.45, 2.75) is 46.0 Å². The first-order valence-electron chi connectivity index (χ1n) is 8.82. The number of nitrogens with two attached hydrogens (primary N) is 1. The summed E-state index contributed by atoms with van der Waals surface area (Å²) in [5.41, 5.74) is 8.72. The number of rotatable bonds is 5. The van der Waals surface area contributed by atoms with E-state index >= 15 is 0 Å². The number of carbonyl (C=O) groups is 2. The second-order valence-corrected chi connectivity index (χ2v) is 7.84. The standard InChI is InChI=1S/C20H24N2O2S/c1-3-6-13-9-10-15-16(11-13)25-20(17(15)18(21)23)22-19(24)14-8-5-4-7-12(14)2/h4-5,7-8,13H,3,6,9-11H2,1-2H3,(H2,21,23)(H,22,24)/t13-/m1/s1. The second kappa shape index (κ2) is 7.40. The highest BCUT2D eigenvalue weighted by Crippen LogP contribution is 2.40. The molecule has 0 radical (unpaired) electrons. The van der Waals surface area contributed by atoms with Gasteiger partial charge in [-0.25, -0.2) is 0 Å². The summed E-state index contributed by atoms with van der Waals surface area (Å²) in [5.74, 6) is 0.0210. The predicted octanol–water partition coefficient (Wildman–Crippen LogP) is 4.31. The minimum absolute atomic E-state index is 0.190. The van der Waals surface area contributed by atoms with Crippen molar-refractivity contribution in [3.05, 3.63) is 51.4 Å². The molecule has 0 fully saturated rings. The highest BCUT2D eigenvalue weighted by Gasteiger charge is 2.28. The summed E-state index contributed by atoms with van der Waals surface area (Å²) < 4.78 is 0. The van der Waals surface area contributed by atoms with Crippen LogP contribution >= 0.6 is 11.3 Å². The summed E-state index contributed by atoms with van der Waals surface area (Å²) >= 11 is 1.52. The fourth-order valence-corrected chi connectivity index (χ4v) is 5.02. The lowest BCUT2D eigenvalue weighted by Crippen LogP contribution is -2.20. The molecule has 2 amide bonds. The monoisotopic (exact) mass is 356 g/mol. The molecular weight excluding hydrogens is 332 g/mol. The van der Waals surface area contributed by atoms with Crippen LogP contribution in [0.1, 0.15) is 62.9 Å². The van der Waals surface area contributed by atoms with Crippen molar-refractivity contribution >= 4 is 28.2 Å². The minimum Gasteiger partial charge on any atom is -0.365 e. The summed E-state index contributed by atoms with van der Waals surface area (Å²) in [4.78, 5) is 25.9. The number of nitrogens with one attached hydrogen (secondary N) is 1. The number of benzene rings is 1. The maximum atomic E-state index is 12.6. The van der Waals surface area contributed by atoms with Gasteiger partial charge >= 0.3 is 0 Å². The van der Waals surface area contributed by atoms with Crippen LogP contribution in [0, 0.1) is 12.8 Å². The third kappa shape index (κ3) is 3.61. The van der Waals surface area contributed by atoms with E-state index in [-0.39, 0.29) is 5.91 Å². The van der Waals surface area contributed by atoms with Crippen molar-refractivity contribution in [3.63, 3.8) is 0 Å². The molecule has 25 heavy (non-hydrogen) atoms. The van der Waals surface area contributed by atoms with Crippen LogP contribution in [0.3, 0.4) is 0 Å². The first-order valence-corrected chi connectivity index (χ1v) is 9.64. The van der Waals surface area contributed by atoms with Gasteiger partial charge in [0.25, 0.3) is 11.8 Å². The van der Waals surface area contributed by atoms with Crippen molar-refractivity contribution in [3.8, 4) is 0 Å². The molecule has 132 valence electrons. The first-order chi connectivity index (χ1) is 12.0. The maximum Gasteiger partial charge on any atom is 0.256 e. The molecule has 1 aliphatic carbocycles. The van der Waals surface area contributed by atoms with E-state index in [0.29, 0.717) is 22.0 Å². The van der Waals surface area contributed by atoms with Crippen molar-refractivity contribution in [2.24, 2.45) is 11.7 Å². The number of amides is 2. The molecule has 1 aromatic carbocycles. The van der Waals surface area contributed by atoms with Gasteiger partial charge in [0.1, 0.15) is 5.00 Å². The molecule has 1 aromatic heterocycles. The van der Waals surface area contributed by atoms with E-state index in [1.54, 1.807) is 6.07 Å². The summed E-state index contributed by atoms with van der Waals surface area (Å²) in [6.45, 7) is 4.10. The van der Waals surface area contributed by atoms with Gasteiger partial charge in [-0.2, -0.15) is 0 Å². The molecule has 1 aliphatic rings. The van der Waals surface area contributed by atoms with Gasteiger partial charge in [-0.05, 0) is 49.3 Å². The molecule has 2 aromatic rings. The summed E-state index contributed by atoms with van der Waals surface area (Å²) in [6, 6.07) is 7.43. The largest absolute Gasteiger partial charge is 0.365 e. The zero-order chi connectivity index (χ0) is 18.0. The molecule has 0 saturated carbocycles. The number of primary amides is 1. The van der Waals surface area contributed by atoms with Gasteiger partial charge in [-0.1, -0.05) is 38.0 Å². The Morgan fingerprint density at radius 1 is 1.32 bits per heavy atom. The third-order valence-corrected chi connectivity index (χ3v) is 6.10. The highest BCUT2D eigenvalue weighted by molar-refractivity contribution is 7.17. The van der Waals surface area contributed by atoms with Crippen LogP contribution in [0.15, 0.2) is 24.3 Å². The van der Waals surface area contributed by atoms with Crippen molar-refractivity contribution in [2.75, 3.05) is 5.32 Å². The molecule has 0 bridgehead atoms. The van der Waals surface area contributed by atoms with Gasteiger partial charge in [0.2, 0.25) is 0 Å². The van der Waals surface area contributed by atoms with Crippen molar-refractivity contribution in [1.82, 2.24) is 0 Å². The predicted molar refractivity (Wildman–Crippen MR) is 102 cm³/mol. The summed E-state index contributed by atoms with van der Waals surface area (Å²) in [5, 5.41) is 3.53. The molecule has 5 heteroatoms. The number of carbonyl (C=O) groups excluding carboxylic acids is 2. The van der Waals surface area contributed by atoms with Gasteiger partial charge in [0, 0.05) is 10.4 Å². The molecule has 0 saturated heterocycles. The van der Waals surface area contributed by atoms with E-state index in [2.05, 4.69) is 12.2 Å². The highest BCUT2D eigenvalue weighted by atomic mass is 32.1. The van der Waals surface area contributed by atoms with E-state index < -0.39 is 5.91 Å². The summed E-state index contributed by atoms with van der Waals surface area (Å²) in [7, 11) is 0. The molecule has 0 unspecified atom stereocenters. The van der Waals surface area contributed by atoms with Gasteiger partial charge in [-0.15, -0.1) is 11.3 Å². The third-order valence-electron chi connectivity index (χ3n) is 4.93. The van der Waals surface area contributed by atoms with E-state index in [1.807, 2.05) is 25.1 Å². The van der Waals surface area contributed by atoms with E-state index in [9.17, 15) is 9.59 Å². The summed E-state index contributed by atoms with van der Waals surface area (Å²) in [6.07, 6.45) is 5.31. The van der Waals surface area contributed by atoms with Crippen molar-refractivity contribution in [1.29, 1.82) is 0 Å². The van der Waals surface area contributed by atoms with Crippen LogP contribution in [0.5, 0.6) is 0 Å². The number of hydrogen-bond donors (Lipinski definition) is 2.